The lowest BCUT2D eigenvalue weighted by molar-refractivity contribution is 0.560. The third kappa shape index (κ3) is 7.38. The van der Waals surface area contributed by atoms with Crippen molar-refractivity contribution in [3.8, 4) is 0 Å². The van der Waals surface area contributed by atoms with Crippen molar-refractivity contribution >= 4 is 6.08 Å². The van der Waals surface area contributed by atoms with Gasteiger partial charge in [-0.05, 0) is 6.42 Å². The fourth-order valence-electron chi connectivity index (χ4n) is 0.840. The molecular weight excluding hydrogens is 125 g/mol. The van der Waals surface area contributed by atoms with E-state index in [-0.39, 0.29) is 0 Å². The Labute approximate surface area is 62.4 Å². The van der Waals surface area contributed by atoms with Crippen molar-refractivity contribution in [2.24, 2.45) is 4.99 Å². The van der Waals surface area contributed by atoms with Crippen LogP contribution in [0, 0.1) is 0 Å². The van der Waals surface area contributed by atoms with E-state index in [1.165, 1.54) is 31.8 Å². The lowest BCUT2D eigenvalue weighted by Crippen LogP contribution is -1.81. The average molecular weight is 140 g/mol. The number of carbonyl (C=O) groups excluding carboxylic acids is 1. The highest BCUT2D eigenvalue weighted by Gasteiger charge is 1.85. The molecule has 0 aromatic carbocycles. The van der Waals surface area contributed by atoms with Gasteiger partial charge in [0.15, 0.2) is 0 Å². The summed E-state index contributed by atoms with van der Waals surface area (Å²) in [6.45, 7) is 2.84. The molecule has 2 heteroatoms. The molecule has 10 heavy (non-hydrogen) atoms. The Kier molecular flexibility index (Phi) is 7.86. The molecule has 0 heterocycles. The standard InChI is InChI=1S/C8H15NO/c1-2-3-4-5-6-7-9-8-10/h2-7H2,1H3/i8-1. The second-order valence-electron chi connectivity index (χ2n) is 2.39. The molecule has 0 N–H and O–H groups in total. The summed E-state index contributed by atoms with van der Waals surface area (Å²) in [6, 6.07) is 0. The molecular formula is C8H15NO. The molecule has 0 aliphatic heterocycles. The van der Waals surface area contributed by atoms with E-state index in [1.807, 2.05) is 0 Å². The molecule has 0 unspecified atom stereocenters. The second-order valence-corrected chi connectivity index (χ2v) is 2.39. The third-order valence-corrected chi connectivity index (χ3v) is 1.44. The molecule has 0 radical (unpaired) electrons. The number of aliphatic imine (C=N–C) groups is 1. The van der Waals surface area contributed by atoms with E-state index >= 15 is 0 Å². The first-order valence-corrected chi connectivity index (χ1v) is 3.95. The topological polar surface area (TPSA) is 29.4 Å². The summed E-state index contributed by atoms with van der Waals surface area (Å²) in [5, 5.41) is 0. The first kappa shape index (κ1) is 9.38. The zero-order valence-corrected chi connectivity index (χ0v) is 6.60. The lowest BCUT2D eigenvalue weighted by Gasteiger charge is -1.93. The van der Waals surface area contributed by atoms with Crippen molar-refractivity contribution in [3.63, 3.8) is 0 Å². The van der Waals surface area contributed by atoms with Gasteiger partial charge in [0.05, 0.1) is 6.54 Å². The zero-order valence-electron chi connectivity index (χ0n) is 6.60. The summed E-state index contributed by atoms with van der Waals surface area (Å²) in [6.07, 6.45) is 7.59. The predicted molar refractivity (Wildman–Crippen MR) is 41.7 cm³/mol. The van der Waals surface area contributed by atoms with Crippen LogP contribution in [0.3, 0.4) is 0 Å². The highest BCUT2D eigenvalue weighted by molar-refractivity contribution is 5.32. The molecule has 0 fully saturated rings. The van der Waals surface area contributed by atoms with Gasteiger partial charge in [0.1, 0.15) is 0 Å². The van der Waals surface area contributed by atoms with Gasteiger partial charge in [-0.2, -0.15) is 0 Å². The summed E-state index contributed by atoms with van der Waals surface area (Å²) in [5.41, 5.74) is 0. The third-order valence-electron chi connectivity index (χ3n) is 1.44. The molecule has 0 amide bonds. The average Bonchev–Trinajstić information content (AvgIpc) is 1.97. The molecule has 58 valence electrons. The van der Waals surface area contributed by atoms with Gasteiger partial charge >= 0.3 is 0 Å². The van der Waals surface area contributed by atoms with Crippen molar-refractivity contribution in [2.75, 3.05) is 6.54 Å². The summed E-state index contributed by atoms with van der Waals surface area (Å²) in [7, 11) is 0. The Morgan fingerprint density at radius 2 is 1.90 bits per heavy atom. The number of nitrogens with zero attached hydrogens (tertiary/aromatic N) is 1. The Morgan fingerprint density at radius 1 is 1.20 bits per heavy atom. The fourth-order valence-corrected chi connectivity index (χ4v) is 0.840. The SMILES string of the molecule is CCCCCCCN=[11C]=O. The van der Waals surface area contributed by atoms with Gasteiger partial charge in [0, 0.05) is 0 Å². The molecule has 0 aromatic heterocycles. The van der Waals surface area contributed by atoms with Crippen LogP contribution in [0.15, 0.2) is 4.99 Å². The molecule has 0 saturated heterocycles. The predicted octanol–water partition coefficient (Wildman–Crippen LogP) is 2.29. The van der Waals surface area contributed by atoms with Crippen molar-refractivity contribution in [2.45, 2.75) is 39.0 Å². The van der Waals surface area contributed by atoms with Crippen LogP contribution in [0.2, 0.25) is 0 Å². The van der Waals surface area contributed by atoms with E-state index in [9.17, 15) is 4.79 Å². The van der Waals surface area contributed by atoms with Crippen LogP contribution in [-0.2, 0) is 4.79 Å². The second kappa shape index (κ2) is 8.38. The fraction of sp³-hybridized carbons (Fsp3) is 0.875. The number of isocyanates is 1. The summed E-state index contributed by atoms with van der Waals surface area (Å²) in [5.74, 6) is 0. The molecule has 0 aliphatic rings. The van der Waals surface area contributed by atoms with Gasteiger partial charge in [-0.1, -0.05) is 32.6 Å². The Hall–Kier alpha value is -0.620. The van der Waals surface area contributed by atoms with E-state index in [0.717, 1.165) is 6.42 Å². The first-order valence-electron chi connectivity index (χ1n) is 3.95. The minimum atomic E-state index is 0.660. The van der Waals surface area contributed by atoms with Gasteiger partial charge in [-0.25, -0.2) is 9.79 Å². The van der Waals surface area contributed by atoms with Gasteiger partial charge in [0.25, 0.3) is 0 Å². The van der Waals surface area contributed by atoms with Crippen molar-refractivity contribution < 1.29 is 4.79 Å². The smallest absolute Gasteiger partial charge is 0.211 e. The van der Waals surface area contributed by atoms with Crippen molar-refractivity contribution in [1.29, 1.82) is 0 Å². The lowest BCUT2D eigenvalue weighted by atomic mass is 10.1. The molecule has 0 saturated carbocycles. The monoisotopic (exact) mass is 140 g/mol. The minimum Gasteiger partial charge on any atom is -0.211 e. The normalized spacial score (nSPS) is 8.90. The Balaban J connectivity index is 2.83. The molecule has 0 atom stereocenters. The maximum Gasteiger partial charge on any atom is 0.234 e. The van der Waals surface area contributed by atoms with Crippen LogP contribution in [0.4, 0.5) is 0 Å². The summed E-state index contributed by atoms with van der Waals surface area (Å²) >= 11 is 0. The molecule has 0 aliphatic carbocycles. The highest BCUT2D eigenvalue weighted by Crippen LogP contribution is 2.01. The molecule has 0 bridgehead atoms. The highest BCUT2D eigenvalue weighted by atomic mass is 16.1. The van der Waals surface area contributed by atoms with Gasteiger partial charge < -0.3 is 0 Å². The Bertz CT molecular complexity index is 106. The van der Waals surface area contributed by atoms with Crippen LogP contribution in [0.5, 0.6) is 0 Å². The molecule has 0 aromatic rings. The minimum absolute atomic E-state index is 0.660. The largest absolute Gasteiger partial charge is 0.234 e. The molecule has 0 rings (SSSR count). The number of unbranched alkanes of at least 4 members (excludes halogenated alkanes) is 4. The number of hydrogen-bond acceptors (Lipinski definition) is 2. The van der Waals surface area contributed by atoms with Crippen molar-refractivity contribution in [3.05, 3.63) is 0 Å². The van der Waals surface area contributed by atoms with Crippen molar-refractivity contribution in [1.82, 2.24) is 0 Å². The van der Waals surface area contributed by atoms with E-state index in [4.69, 9.17) is 0 Å². The first-order chi connectivity index (χ1) is 4.91. The van der Waals surface area contributed by atoms with Crippen LogP contribution in [-0.4, -0.2) is 12.6 Å². The van der Waals surface area contributed by atoms with Crippen LogP contribution in [0.1, 0.15) is 39.0 Å². The van der Waals surface area contributed by atoms with Gasteiger partial charge in [0.2, 0.25) is 6.08 Å². The van der Waals surface area contributed by atoms with E-state index < -0.39 is 0 Å². The van der Waals surface area contributed by atoms with E-state index in [1.54, 1.807) is 0 Å². The van der Waals surface area contributed by atoms with E-state index in [2.05, 4.69) is 11.9 Å². The van der Waals surface area contributed by atoms with Crippen LogP contribution in [0.25, 0.3) is 0 Å². The quantitative estimate of drug-likeness (QED) is 0.316. The maximum atomic E-state index is 9.60. The van der Waals surface area contributed by atoms with Gasteiger partial charge in [-0.15, -0.1) is 0 Å². The van der Waals surface area contributed by atoms with Crippen LogP contribution < -0.4 is 0 Å². The Morgan fingerprint density at radius 3 is 2.50 bits per heavy atom. The van der Waals surface area contributed by atoms with Crippen LogP contribution >= 0.6 is 0 Å². The summed E-state index contributed by atoms with van der Waals surface area (Å²) in [4.78, 5) is 13.1. The van der Waals surface area contributed by atoms with E-state index in [0.29, 0.717) is 6.54 Å². The number of hydrogen-bond donors (Lipinski definition) is 0. The molecule has 0 spiro atoms. The molecule has 2 nitrogen and oxygen atoms in total. The van der Waals surface area contributed by atoms with Gasteiger partial charge in [-0.3, -0.25) is 0 Å². The zero-order chi connectivity index (χ0) is 7.66. The number of rotatable bonds is 6. The summed E-state index contributed by atoms with van der Waals surface area (Å²) < 4.78 is 0. The maximum absolute atomic E-state index is 9.60.